The van der Waals surface area contributed by atoms with Crippen LogP contribution in [-0.2, 0) is 9.53 Å². The van der Waals surface area contributed by atoms with E-state index in [1.165, 1.54) is 7.11 Å². The molecule has 1 heterocycles. The van der Waals surface area contributed by atoms with Crippen molar-refractivity contribution in [1.82, 2.24) is 4.98 Å². The average Bonchev–Trinajstić information content (AvgIpc) is 3.16. The molecule has 0 aliphatic heterocycles. The highest BCUT2D eigenvalue weighted by molar-refractivity contribution is 5.79. The fraction of sp³-hybridized carbons (Fsp3) is 0.385. The number of fused-ring (bicyclic) bond motifs is 1. The summed E-state index contributed by atoms with van der Waals surface area (Å²) in [6.07, 6.45) is 0.954. The number of carbonyl (C=O) groups excluding carboxylic acids is 1. The molecule has 3 rings (SSSR count). The molecule has 2 aromatic rings. The molecule has 1 aliphatic rings. The van der Waals surface area contributed by atoms with Crippen LogP contribution in [0.3, 0.4) is 0 Å². The maximum Gasteiger partial charge on any atom is 0.339 e. The van der Waals surface area contributed by atoms with Gasteiger partial charge in [0.1, 0.15) is 5.52 Å². The van der Waals surface area contributed by atoms with E-state index in [9.17, 15) is 9.90 Å². The summed E-state index contributed by atoms with van der Waals surface area (Å²) in [6, 6.07) is 5.02. The Balaban J connectivity index is 1.96. The number of aromatic nitrogens is 1. The number of methoxy groups -OCH3 is 1. The monoisotopic (exact) mass is 247 g/mol. The Morgan fingerprint density at radius 1 is 1.56 bits per heavy atom. The molecule has 5 heteroatoms. The van der Waals surface area contributed by atoms with Crippen LogP contribution < -0.4 is 0 Å². The van der Waals surface area contributed by atoms with Gasteiger partial charge in [0.15, 0.2) is 17.6 Å². The fourth-order valence-corrected chi connectivity index (χ4v) is 1.88. The van der Waals surface area contributed by atoms with Gasteiger partial charge in [0.05, 0.1) is 7.11 Å². The maximum atomic E-state index is 11.3. The SMILES string of the molecule is COC(=O)C(O)c1ccc2oc(C3CC3)nc2c1. The topological polar surface area (TPSA) is 72.6 Å². The number of hydrogen-bond acceptors (Lipinski definition) is 5. The third-order valence-electron chi connectivity index (χ3n) is 3.09. The molecule has 1 atom stereocenters. The van der Waals surface area contributed by atoms with Crippen molar-refractivity contribution in [2.45, 2.75) is 24.9 Å². The van der Waals surface area contributed by atoms with E-state index in [2.05, 4.69) is 9.72 Å². The van der Waals surface area contributed by atoms with Gasteiger partial charge in [-0.05, 0) is 30.5 Å². The number of aliphatic hydroxyl groups excluding tert-OH is 1. The van der Waals surface area contributed by atoms with E-state index in [1.54, 1.807) is 18.2 Å². The smallest absolute Gasteiger partial charge is 0.339 e. The summed E-state index contributed by atoms with van der Waals surface area (Å²) in [5.74, 6) is 0.501. The number of ether oxygens (including phenoxy) is 1. The Morgan fingerprint density at radius 2 is 2.33 bits per heavy atom. The fourth-order valence-electron chi connectivity index (χ4n) is 1.88. The van der Waals surface area contributed by atoms with Crippen molar-refractivity contribution < 1.29 is 19.1 Å². The van der Waals surface area contributed by atoms with Crippen molar-refractivity contribution in [2.24, 2.45) is 0 Å². The molecule has 5 nitrogen and oxygen atoms in total. The summed E-state index contributed by atoms with van der Waals surface area (Å²) in [7, 11) is 1.24. The van der Waals surface area contributed by atoms with Crippen LogP contribution in [0.15, 0.2) is 22.6 Å². The molecule has 0 bridgehead atoms. The second-order valence-electron chi connectivity index (χ2n) is 4.48. The lowest BCUT2D eigenvalue weighted by Crippen LogP contribution is -2.13. The van der Waals surface area contributed by atoms with E-state index in [-0.39, 0.29) is 0 Å². The average molecular weight is 247 g/mol. The predicted octanol–water partition coefficient (Wildman–Crippen LogP) is 1.91. The number of nitrogens with zero attached hydrogens (tertiary/aromatic N) is 1. The second kappa shape index (κ2) is 4.10. The van der Waals surface area contributed by atoms with Crippen molar-refractivity contribution in [3.8, 4) is 0 Å². The van der Waals surface area contributed by atoms with Crippen molar-refractivity contribution in [3.05, 3.63) is 29.7 Å². The highest BCUT2D eigenvalue weighted by Gasteiger charge is 2.29. The molecule has 1 unspecified atom stereocenters. The van der Waals surface area contributed by atoms with Gasteiger partial charge in [-0.3, -0.25) is 0 Å². The molecule has 1 saturated carbocycles. The zero-order valence-corrected chi connectivity index (χ0v) is 9.92. The quantitative estimate of drug-likeness (QED) is 0.839. The number of benzene rings is 1. The van der Waals surface area contributed by atoms with Crippen LogP contribution in [0.2, 0.25) is 0 Å². The second-order valence-corrected chi connectivity index (χ2v) is 4.48. The molecule has 0 radical (unpaired) electrons. The van der Waals surface area contributed by atoms with E-state index >= 15 is 0 Å². The van der Waals surface area contributed by atoms with Gasteiger partial charge in [-0.2, -0.15) is 0 Å². The first kappa shape index (κ1) is 11.2. The summed E-state index contributed by atoms with van der Waals surface area (Å²) in [5, 5.41) is 9.74. The summed E-state index contributed by atoms with van der Waals surface area (Å²) in [4.78, 5) is 15.6. The predicted molar refractivity (Wildman–Crippen MR) is 63.0 cm³/mol. The maximum absolute atomic E-state index is 11.3. The van der Waals surface area contributed by atoms with Crippen LogP contribution in [0.25, 0.3) is 11.1 Å². The number of esters is 1. The minimum Gasteiger partial charge on any atom is -0.467 e. The minimum atomic E-state index is -1.28. The van der Waals surface area contributed by atoms with Crippen LogP contribution in [0.1, 0.15) is 36.3 Å². The van der Waals surface area contributed by atoms with Crippen molar-refractivity contribution in [3.63, 3.8) is 0 Å². The van der Waals surface area contributed by atoms with Gasteiger partial charge in [0, 0.05) is 5.92 Å². The highest BCUT2D eigenvalue weighted by atomic mass is 16.5. The zero-order valence-electron chi connectivity index (χ0n) is 9.92. The lowest BCUT2D eigenvalue weighted by atomic mass is 10.1. The lowest BCUT2D eigenvalue weighted by Gasteiger charge is -2.07. The first-order valence-corrected chi connectivity index (χ1v) is 5.85. The molecule has 1 aromatic carbocycles. The standard InChI is InChI=1S/C13H13NO4/c1-17-13(16)11(15)8-4-5-10-9(6-8)14-12(18-10)7-2-3-7/h4-7,11,15H,2-3H2,1H3. The van der Waals surface area contributed by atoms with Gasteiger partial charge >= 0.3 is 5.97 Å². The van der Waals surface area contributed by atoms with Gasteiger partial charge in [-0.1, -0.05) is 6.07 Å². The van der Waals surface area contributed by atoms with E-state index in [4.69, 9.17) is 4.42 Å². The van der Waals surface area contributed by atoms with Crippen molar-refractivity contribution in [2.75, 3.05) is 7.11 Å². The molecule has 0 saturated heterocycles. The number of rotatable bonds is 3. The largest absolute Gasteiger partial charge is 0.467 e. The van der Waals surface area contributed by atoms with Crippen LogP contribution in [0, 0.1) is 0 Å². The van der Waals surface area contributed by atoms with Crippen molar-refractivity contribution in [1.29, 1.82) is 0 Å². The Morgan fingerprint density at radius 3 is 3.00 bits per heavy atom. The summed E-state index contributed by atoms with van der Waals surface area (Å²) in [6.45, 7) is 0. The first-order chi connectivity index (χ1) is 8.69. The van der Waals surface area contributed by atoms with Gasteiger partial charge in [-0.25, -0.2) is 9.78 Å². The minimum absolute atomic E-state index is 0.436. The van der Waals surface area contributed by atoms with Gasteiger partial charge in [0.25, 0.3) is 0 Å². The Hall–Kier alpha value is -1.88. The summed E-state index contributed by atoms with van der Waals surface area (Å²) < 4.78 is 10.1. The molecule has 94 valence electrons. The Labute approximate surface area is 103 Å². The van der Waals surface area contributed by atoms with Crippen LogP contribution in [0.4, 0.5) is 0 Å². The summed E-state index contributed by atoms with van der Waals surface area (Å²) >= 11 is 0. The number of oxazole rings is 1. The van der Waals surface area contributed by atoms with Crippen LogP contribution in [0.5, 0.6) is 0 Å². The third kappa shape index (κ3) is 1.86. The molecule has 1 aromatic heterocycles. The van der Waals surface area contributed by atoms with E-state index in [0.717, 1.165) is 18.7 Å². The Bertz CT molecular complexity index is 600. The third-order valence-corrected chi connectivity index (χ3v) is 3.09. The molecule has 1 aliphatic carbocycles. The summed E-state index contributed by atoms with van der Waals surface area (Å²) in [5.41, 5.74) is 1.81. The van der Waals surface area contributed by atoms with Gasteiger partial charge in [0.2, 0.25) is 0 Å². The van der Waals surface area contributed by atoms with E-state index in [1.807, 2.05) is 0 Å². The van der Waals surface area contributed by atoms with Crippen molar-refractivity contribution >= 4 is 17.1 Å². The van der Waals surface area contributed by atoms with E-state index < -0.39 is 12.1 Å². The molecular formula is C13H13NO4. The number of hydrogen-bond donors (Lipinski definition) is 1. The number of carbonyl (C=O) groups is 1. The lowest BCUT2D eigenvalue weighted by molar-refractivity contribution is -0.150. The molecule has 0 spiro atoms. The zero-order chi connectivity index (χ0) is 12.7. The van der Waals surface area contributed by atoms with E-state index in [0.29, 0.717) is 22.6 Å². The number of aliphatic hydroxyl groups is 1. The Kier molecular flexibility index (Phi) is 2.56. The van der Waals surface area contributed by atoms with Crippen LogP contribution >= 0.6 is 0 Å². The van der Waals surface area contributed by atoms with Gasteiger partial charge < -0.3 is 14.3 Å². The van der Waals surface area contributed by atoms with Crippen LogP contribution in [-0.4, -0.2) is 23.2 Å². The normalized spacial score (nSPS) is 16.8. The molecular weight excluding hydrogens is 234 g/mol. The first-order valence-electron chi connectivity index (χ1n) is 5.85. The highest BCUT2D eigenvalue weighted by Crippen LogP contribution is 2.40. The molecule has 0 amide bonds. The molecule has 1 N–H and O–H groups in total. The molecule has 18 heavy (non-hydrogen) atoms. The molecule has 1 fully saturated rings. The van der Waals surface area contributed by atoms with Gasteiger partial charge in [-0.15, -0.1) is 0 Å².